The maximum atomic E-state index is 10.4. The van der Waals surface area contributed by atoms with E-state index in [0.29, 0.717) is 5.84 Å². The molecule has 0 heterocycles. The molecule has 0 aromatic carbocycles. The lowest BCUT2D eigenvalue weighted by Gasteiger charge is -2.06. The van der Waals surface area contributed by atoms with Gasteiger partial charge in [-0.1, -0.05) is 26.3 Å². The summed E-state index contributed by atoms with van der Waals surface area (Å²) in [6.45, 7) is 5.93. The third-order valence-electron chi connectivity index (χ3n) is 2.08. The van der Waals surface area contributed by atoms with Crippen LogP contribution in [-0.2, 0) is 4.79 Å². The molecule has 0 aromatic rings. The number of hydrogen-bond acceptors (Lipinski definition) is 2. The monoisotopic (exact) mass is 224 g/mol. The summed E-state index contributed by atoms with van der Waals surface area (Å²) in [4.78, 5) is 18.8. The number of carboxylic acids is 1. The van der Waals surface area contributed by atoms with Gasteiger partial charge in [0.2, 0.25) is 0 Å². The van der Waals surface area contributed by atoms with Gasteiger partial charge in [-0.15, -0.1) is 0 Å². The van der Waals surface area contributed by atoms with Crippen LogP contribution in [0.15, 0.2) is 22.1 Å². The second-order valence-electron chi connectivity index (χ2n) is 3.66. The molecule has 0 bridgehead atoms. The molecule has 4 heteroatoms. The average Bonchev–Trinajstić information content (AvgIpc) is 2.22. The predicted molar refractivity (Wildman–Crippen MR) is 67.3 cm³/mol. The number of carboxylic acid groups (broad SMARTS) is 1. The van der Waals surface area contributed by atoms with Gasteiger partial charge >= 0.3 is 5.97 Å². The van der Waals surface area contributed by atoms with Crippen molar-refractivity contribution >= 4 is 17.5 Å². The number of hydrogen-bond donors (Lipinski definition) is 1. The molecule has 0 spiro atoms. The molecule has 0 rings (SSSR count). The van der Waals surface area contributed by atoms with E-state index in [1.54, 1.807) is 13.1 Å². The Morgan fingerprint density at radius 3 is 2.56 bits per heavy atom. The van der Waals surface area contributed by atoms with Crippen molar-refractivity contribution < 1.29 is 9.90 Å². The van der Waals surface area contributed by atoms with Crippen LogP contribution in [0.3, 0.4) is 0 Å². The highest BCUT2D eigenvalue weighted by atomic mass is 16.4. The number of nitrogens with zero attached hydrogens (tertiary/aromatic N) is 2. The van der Waals surface area contributed by atoms with Crippen LogP contribution in [0.2, 0.25) is 0 Å². The standard InChI is InChI=1S/C12H20N2O2/c1-5-6-10(3)14-12(13-4)9(2)7-8-11(15)16/h7-9H,5-6H2,1-4H3,(H,15,16)/b8-7-,13-12?,14-10?. The Morgan fingerprint density at radius 1 is 1.50 bits per heavy atom. The third-order valence-corrected chi connectivity index (χ3v) is 2.08. The lowest BCUT2D eigenvalue weighted by molar-refractivity contribution is -0.131. The largest absolute Gasteiger partial charge is 0.478 e. The summed E-state index contributed by atoms with van der Waals surface area (Å²) in [7, 11) is 1.67. The minimum absolute atomic E-state index is 0.0760. The minimum Gasteiger partial charge on any atom is -0.478 e. The van der Waals surface area contributed by atoms with Crippen LogP contribution >= 0.6 is 0 Å². The molecule has 4 nitrogen and oxygen atoms in total. The molecule has 1 unspecified atom stereocenters. The second-order valence-corrected chi connectivity index (χ2v) is 3.66. The summed E-state index contributed by atoms with van der Waals surface area (Å²) in [5.74, 6) is -0.354. The Balaban J connectivity index is 4.63. The smallest absolute Gasteiger partial charge is 0.327 e. The van der Waals surface area contributed by atoms with Crippen molar-refractivity contribution in [2.75, 3.05) is 7.05 Å². The zero-order valence-electron chi connectivity index (χ0n) is 10.4. The van der Waals surface area contributed by atoms with Gasteiger partial charge in [-0.05, 0) is 13.3 Å². The highest BCUT2D eigenvalue weighted by Crippen LogP contribution is 2.04. The molecule has 0 aromatic heterocycles. The van der Waals surface area contributed by atoms with Gasteiger partial charge in [0.1, 0.15) is 5.84 Å². The van der Waals surface area contributed by atoms with Gasteiger partial charge < -0.3 is 5.11 Å². The fourth-order valence-electron chi connectivity index (χ4n) is 1.28. The molecule has 0 radical (unpaired) electrons. The highest BCUT2D eigenvalue weighted by molar-refractivity contribution is 5.98. The summed E-state index contributed by atoms with van der Waals surface area (Å²) in [5.41, 5.74) is 1.03. The molecule has 1 N–H and O–H groups in total. The number of amidine groups is 1. The molecule has 0 saturated heterocycles. The molecule has 0 amide bonds. The number of rotatable bonds is 5. The van der Waals surface area contributed by atoms with E-state index < -0.39 is 5.97 Å². The van der Waals surface area contributed by atoms with Gasteiger partial charge in [0, 0.05) is 24.8 Å². The Bertz CT molecular complexity index is 317. The zero-order chi connectivity index (χ0) is 12.6. The summed E-state index contributed by atoms with van der Waals surface area (Å²) < 4.78 is 0. The van der Waals surface area contributed by atoms with Crippen molar-refractivity contribution in [1.82, 2.24) is 0 Å². The van der Waals surface area contributed by atoms with Crippen molar-refractivity contribution in [3.05, 3.63) is 12.2 Å². The van der Waals surface area contributed by atoms with Crippen molar-refractivity contribution in [2.24, 2.45) is 15.9 Å². The quantitative estimate of drug-likeness (QED) is 0.443. The van der Waals surface area contributed by atoms with Crippen molar-refractivity contribution in [3.63, 3.8) is 0 Å². The molecular formula is C12H20N2O2. The maximum Gasteiger partial charge on any atom is 0.327 e. The third kappa shape index (κ3) is 6.11. The topological polar surface area (TPSA) is 62.0 Å². The summed E-state index contributed by atoms with van der Waals surface area (Å²) in [6.07, 6.45) is 4.70. The van der Waals surface area contributed by atoms with Crippen LogP contribution in [0, 0.1) is 5.92 Å². The number of aliphatic carboxylic acids is 1. The number of aliphatic imine (C=N–C) groups is 2. The van der Waals surface area contributed by atoms with E-state index in [2.05, 4.69) is 16.9 Å². The SMILES string of the molecule is CCCC(C)=NC(=NC)C(C)/C=C\C(=O)O. The maximum absolute atomic E-state index is 10.4. The van der Waals surface area contributed by atoms with Gasteiger partial charge in [0.25, 0.3) is 0 Å². The van der Waals surface area contributed by atoms with E-state index in [4.69, 9.17) is 5.11 Å². The van der Waals surface area contributed by atoms with Gasteiger partial charge in [-0.3, -0.25) is 4.99 Å². The average molecular weight is 224 g/mol. The molecule has 16 heavy (non-hydrogen) atoms. The van der Waals surface area contributed by atoms with Crippen molar-refractivity contribution in [1.29, 1.82) is 0 Å². The van der Waals surface area contributed by atoms with E-state index in [-0.39, 0.29) is 5.92 Å². The minimum atomic E-state index is -0.948. The van der Waals surface area contributed by atoms with E-state index in [9.17, 15) is 4.79 Å². The highest BCUT2D eigenvalue weighted by Gasteiger charge is 2.06. The van der Waals surface area contributed by atoms with E-state index in [0.717, 1.165) is 24.6 Å². The van der Waals surface area contributed by atoms with E-state index >= 15 is 0 Å². The van der Waals surface area contributed by atoms with Crippen molar-refractivity contribution in [2.45, 2.75) is 33.6 Å². The first-order valence-corrected chi connectivity index (χ1v) is 5.43. The molecule has 0 aliphatic heterocycles. The normalized spacial score (nSPS) is 15.5. The molecule has 0 fully saturated rings. The Morgan fingerprint density at radius 2 is 2.12 bits per heavy atom. The van der Waals surface area contributed by atoms with Crippen LogP contribution in [0.4, 0.5) is 0 Å². The first-order valence-electron chi connectivity index (χ1n) is 5.43. The first-order chi connectivity index (χ1) is 7.51. The first kappa shape index (κ1) is 14.6. The summed E-state index contributed by atoms with van der Waals surface area (Å²) in [5, 5.41) is 8.52. The second kappa shape index (κ2) is 7.79. The van der Waals surface area contributed by atoms with Gasteiger partial charge in [0.05, 0.1) is 0 Å². The van der Waals surface area contributed by atoms with Crippen LogP contribution in [-0.4, -0.2) is 29.7 Å². The van der Waals surface area contributed by atoms with Crippen LogP contribution in [0.1, 0.15) is 33.6 Å². The van der Waals surface area contributed by atoms with E-state index in [1.165, 1.54) is 0 Å². The fourth-order valence-corrected chi connectivity index (χ4v) is 1.28. The molecule has 0 aliphatic rings. The molecule has 90 valence electrons. The Labute approximate surface area is 96.8 Å². The summed E-state index contributed by atoms with van der Waals surface area (Å²) >= 11 is 0. The van der Waals surface area contributed by atoms with Gasteiger partial charge in [-0.2, -0.15) is 0 Å². The molecule has 0 saturated carbocycles. The van der Waals surface area contributed by atoms with Gasteiger partial charge in [-0.25, -0.2) is 9.79 Å². The molecule has 0 aliphatic carbocycles. The predicted octanol–water partition coefficient (Wildman–Crippen LogP) is 2.55. The lowest BCUT2D eigenvalue weighted by Crippen LogP contribution is -2.09. The van der Waals surface area contributed by atoms with Crippen LogP contribution < -0.4 is 0 Å². The van der Waals surface area contributed by atoms with Crippen LogP contribution in [0.5, 0.6) is 0 Å². The van der Waals surface area contributed by atoms with E-state index in [1.807, 2.05) is 13.8 Å². The van der Waals surface area contributed by atoms with Crippen molar-refractivity contribution in [3.8, 4) is 0 Å². The summed E-state index contributed by atoms with van der Waals surface area (Å²) in [6, 6.07) is 0. The fraction of sp³-hybridized carbons (Fsp3) is 0.583. The van der Waals surface area contributed by atoms with Gasteiger partial charge in [0.15, 0.2) is 0 Å². The van der Waals surface area contributed by atoms with Crippen LogP contribution in [0.25, 0.3) is 0 Å². The molecule has 1 atom stereocenters. The lowest BCUT2D eigenvalue weighted by atomic mass is 10.1. The number of carbonyl (C=O) groups is 1. The Kier molecular flexibility index (Phi) is 7.09. The zero-order valence-corrected chi connectivity index (χ0v) is 10.4. The Hall–Kier alpha value is -1.45. The molecular weight excluding hydrogens is 204 g/mol.